The zero-order valence-electron chi connectivity index (χ0n) is 17.4. The number of ether oxygens (including phenoxy) is 1. The Kier molecular flexibility index (Phi) is 6.36. The number of hydrogen-bond acceptors (Lipinski definition) is 5. The van der Waals surface area contributed by atoms with E-state index in [1.807, 2.05) is 12.1 Å². The van der Waals surface area contributed by atoms with E-state index in [1.165, 1.54) is 5.57 Å². The molecule has 0 aromatic heterocycles. The van der Waals surface area contributed by atoms with Gasteiger partial charge in [0.1, 0.15) is 17.1 Å². The molecule has 6 heteroatoms. The number of allylic oxidation sites excluding steroid dienone is 2. The molecule has 0 amide bonds. The number of nitrogens with zero attached hydrogens (tertiary/aromatic N) is 1. The summed E-state index contributed by atoms with van der Waals surface area (Å²) in [7, 11) is 0. The van der Waals surface area contributed by atoms with Crippen molar-refractivity contribution in [2.24, 2.45) is 5.92 Å². The molecule has 0 spiro atoms. The predicted octanol–water partition coefficient (Wildman–Crippen LogP) is 4.93. The summed E-state index contributed by atoms with van der Waals surface area (Å²) in [5.41, 5.74) is 2.96. The Balaban J connectivity index is 1.66. The molecule has 0 saturated heterocycles. The van der Waals surface area contributed by atoms with Crippen molar-refractivity contribution >= 4 is 0 Å². The minimum absolute atomic E-state index is 0.108. The maximum Gasteiger partial charge on any atom is 0.294 e. The van der Waals surface area contributed by atoms with Gasteiger partial charge in [0, 0.05) is 30.2 Å². The van der Waals surface area contributed by atoms with Gasteiger partial charge in [0.15, 0.2) is 0 Å². The van der Waals surface area contributed by atoms with Gasteiger partial charge in [0.25, 0.3) is 5.09 Å². The third-order valence-corrected chi connectivity index (χ3v) is 5.87. The van der Waals surface area contributed by atoms with Crippen LogP contribution >= 0.6 is 0 Å². The predicted molar refractivity (Wildman–Crippen MR) is 110 cm³/mol. The van der Waals surface area contributed by atoms with Crippen LogP contribution in [0.25, 0.3) is 0 Å². The van der Waals surface area contributed by atoms with Gasteiger partial charge in [-0.3, -0.25) is 0 Å². The molecule has 1 aliphatic carbocycles. The number of phenolic OH excluding ortho intramolecular Hbond substituents is 1. The van der Waals surface area contributed by atoms with Crippen LogP contribution in [-0.4, -0.2) is 22.4 Å². The third kappa shape index (κ3) is 5.03. The summed E-state index contributed by atoms with van der Waals surface area (Å²) >= 11 is 0. The smallest absolute Gasteiger partial charge is 0.294 e. The van der Waals surface area contributed by atoms with Gasteiger partial charge >= 0.3 is 0 Å². The van der Waals surface area contributed by atoms with Crippen molar-refractivity contribution in [1.82, 2.24) is 0 Å². The highest BCUT2D eigenvalue weighted by molar-refractivity contribution is 5.53. The highest BCUT2D eigenvalue weighted by Crippen LogP contribution is 2.54. The van der Waals surface area contributed by atoms with Crippen molar-refractivity contribution < 1.29 is 19.8 Å². The van der Waals surface area contributed by atoms with E-state index < -0.39 is 5.09 Å². The second-order valence-electron chi connectivity index (χ2n) is 8.48. The zero-order chi connectivity index (χ0) is 21.0. The van der Waals surface area contributed by atoms with Crippen LogP contribution in [0, 0.1) is 27.9 Å². The highest BCUT2D eigenvalue weighted by Gasteiger charge is 2.45. The molecule has 0 unspecified atom stereocenters. The second kappa shape index (κ2) is 8.77. The summed E-state index contributed by atoms with van der Waals surface area (Å²) in [6.45, 7) is 6.53. The van der Waals surface area contributed by atoms with Crippen LogP contribution in [0.1, 0.15) is 69.9 Å². The van der Waals surface area contributed by atoms with Crippen molar-refractivity contribution in [3.05, 3.63) is 45.0 Å². The quantitative estimate of drug-likeness (QED) is 0.241. The maximum absolute atomic E-state index is 10.8. The summed E-state index contributed by atoms with van der Waals surface area (Å²) in [5.74, 6) is 7.92. The van der Waals surface area contributed by atoms with E-state index in [4.69, 9.17) is 4.74 Å². The molecule has 6 nitrogen and oxygen atoms in total. The molecule has 1 aromatic carbocycles. The molecule has 1 N–H and O–H groups in total. The van der Waals surface area contributed by atoms with Gasteiger partial charge in [0.05, 0.1) is 6.61 Å². The van der Waals surface area contributed by atoms with Gasteiger partial charge < -0.3 is 14.7 Å². The van der Waals surface area contributed by atoms with Crippen molar-refractivity contribution in [2.75, 3.05) is 6.61 Å². The number of hydrogen-bond donors (Lipinski definition) is 1. The number of unbranched alkanes of at least 4 members (excludes halogenated alkanes) is 2. The Bertz CT molecular complexity index is 862. The summed E-state index contributed by atoms with van der Waals surface area (Å²) in [5, 5.41) is 20.1. The second-order valence-corrected chi connectivity index (χ2v) is 8.48. The van der Waals surface area contributed by atoms with E-state index in [0.717, 1.165) is 36.1 Å². The molecule has 1 aromatic rings. The lowest BCUT2D eigenvalue weighted by Gasteiger charge is -2.47. The van der Waals surface area contributed by atoms with E-state index in [1.54, 1.807) is 0 Å². The van der Waals surface area contributed by atoms with Crippen LogP contribution < -0.4 is 4.74 Å². The lowest BCUT2D eigenvalue weighted by Crippen LogP contribution is -2.45. The van der Waals surface area contributed by atoms with Crippen LogP contribution in [0.2, 0.25) is 0 Å². The lowest BCUT2D eigenvalue weighted by molar-refractivity contribution is -0.757. The van der Waals surface area contributed by atoms with Gasteiger partial charge in [-0.05, 0) is 64.2 Å². The zero-order valence-corrected chi connectivity index (χ0v) is 17.4. The Hall–Kier alpha value is -2.68. The van der Waals surface area contributed by atoms with E-state index in [9.17, 15) is 15.2 Å². The Morgan fingerprint density at radius 2 is 2.14 bits per heavy atom. The summed E-state index contributed by atoms with van der Waals surface area (Å²) in [6.07, 6.45) is 6.78. The molecule has 0 saturated carbocycles. The molecule has 2 atom stereocenters. The Morgan fingerprint density at radius 1 is 1.34 bits per heavy atom. The van der Waals surface area contributed by atoms with E-state index >= 15 is 0 Å². The molecular formula is C23H29NO5. The van der Waals surface area contributed by atoms with Crippen molar-refractivity contribution in [3.63, 3.8) is 0 Å². The minimum atomic E-state index is -0.773. The van der Waals surface area contributed by atoms with Gasteiger partial charge in [-0.2, -0.15) is 0 Å². The number of phenols is 1. The van der Waals surface area contributed by atoms with E-state index in [0.29, 0.717) is 30.9 Å². The number of aromatic hydroxyl groups is 1. The fourth-order valence-corrected chi connectivity index (χ4v) is 4.43. The number of rotatable bonds is 6. The highest BCUT2D eigenvalue weighted by atomic mass is 16.9. The standard InChI is InChI=1S/C23H29NO5/c1-16-10-11-19-18(13-16)22-20(25)14-17(15-21(22)29-23(19,2)3)9-7-5-4-6-8-12-28-24(26)27/h10,14-15,18-19,25H,4,6,8-9,11-13H2,1-3H3/t18-,19-/m1/s1. The van der Waals surface area contributed by atoms with E-state index in [2.05, 4.69) is 43.5 Å². The van der Waals surface area contributed by atoms with Crippen LogP contribution in [0.15, 0.2) is 23.8 Å². The van der Waals surface area contributed by atoms with Crippen molar-refractivity contribution in [3.8, 4) is 23.3 Å². The van der Waals surface area contributed by atoms with Crippen LogP contribution in [0.3, 0.4) is 0 Å². The topological polar surface area (TPSA) is 81.8 Å². The molecule has 2 aliphatic rings. The lowest BCUT2D eigenvalue weighted by atomic mass is 9.67. The van der Waals surface area contributed by atoms with Gasteiger partial charge in [-0.25, -0.2) is 0 Å². The van der Waals surface area contributed by atoms with Crippen LogP contribution in [-0.2, 0) is 11.3 Å². The van der Waals surface area contributed by atoms with Gasteiger partial charge in [-0.1, -0.05) is 17.6 Å². The first-order valence-electron chi connectivity index (χ1n) is 10.2. The SMILES string of the molecule is CC1=CC[C@@H]2[C@@H](C1)c1c(O)cc(CC#CCCCCO[N+](=O)[O-])cc1OC2(C)C. The van der Waals surface area contributed by atoms with Gasteiger partial charge in [0.2, 0.25) is 0 Å². The first-order valence-corrected chi connectivity index (χ1v) is 10.2. The normalized spacial score (nSPS) is 21.6. The molecule has 3 rings (SSSR count). The maximum atomic E-state index is 10.8. The van der Waals surface area contributed by atoms with Crippen LogP contribution in [0.4, 0.5) is 0 Å². The number of fused-ring (bicyclic) bond motifs is 3. The van der Waals surface area contributed by atoms with Crippen LogP contribution in [0.5, 0.6) is 11.5 Å². The fourth-order valence-electron chi connectivity index (χ4n) is 4.43. The fraction of sp³-hybridized carbons (Fsp3) is 0.565. The van der Waals surface area contributed by atoms with Gasteiger partial charge in [-0.15, -0.1) is 16.0 Å². The molecule has 1 aliphatic heterocycles. The van der Waals surface area contributed by atoms with E-state index in [-0.39, 0.29) is 18.1 Å². The monoisotopic (exact) mass is 399 g/mol. The van der Waals surface area contributed by atoms with Crippen molar-refractivity contribution in [1.29, 1.82) is 0 Å². The third-order valence-electron chi connectivity index (χ3n) is 5.87. The molecule has 0 bridgehead atoms. The minimum Gasteiger partial charge on any atom is -0.508 e. The average molecular weight is 399 g/mol. The molecule has 0 fully saturated rings. The van der Waals surface area contributed by atoms with Crippen molar-refractivity contribution in [2.45, 2.75) is 70.8 Å². The first kappa shape index (κ1) is 21.0. The summed E-state index contributed by atoms with van der Waals surface area (Å²) < 4.78 is 6.33. The molecule has 0 radical (unpaired) electrons. The largest absolute Gasteiger partial charge is 0.508 e. The first-order chi connectivity index (χ1) is 13.8. The summed E-state index contributed by atoms with van der Waals surface area (Å²) in [4.78, 5) is 14.4. The Labute approximate surface area is 172 Å². The average Bonchev–Trinajstić information content (AvgIpc) is 2.62. The summed E-state index contributed by atoms with van der Waals surface area (Å²) in [6, 6.07) is 3.82. The number of benzene rings is 1. The molecular weight excluding hydrogens is 370 g/mol. The molecule has 29 heavy (non-hydrogen) atoms. The Morgan fingerprint density at radius 3 is 2.90 bits per heavy atom. The molecule has 156 valence electrons. The molecule has 1 heterocycles.